The third-order valence-electron chi connectivity index (χ3n) is 2.68. The smallest absolute Gasteiger partial charge is 0.219 e. The average molecular weight is 295 g/mol. The van der Waals surface area contributed by atoms with Gasteiger partial charge < -0.3 is 10.1 Å². The Morgan fingerprint density at radius 3 is 2.80 bits per heavy atom. The molecule has 0 unspecified atom stereocenters. The lowest BCUT2D eigenvalue weighted by Crippen LogP contribution is -2.12. The minimum atomic E-state index is -0.396. The van der Waals surface area contributed by atoms with Crippen molar-refractivity contribution in [2.24, 2.45) is 0 Å². The molecule has 0 atom stereocenters. The van der Waals surface area contributed by atoms with Gasteiger partial charge in [-0.05, 0) is 43.3 Å². The molecule has 0 spiro atoms. The molecule has 0 aliphatic rings. The molecule has 0 aliphatic heterocycles. The van der Waals surface area contributed by atoms with Gasteiger partial charge >= 0.3 is 0 Å². The van der Waals surface area contributed by atoms with Crippen molar-refractivity contribution in [2.75, 3.05) is 6.54 Å². The zero-order valence-corrected chi connectivity index (χ0v) is 12.2. The van der Waals surface area contributed by atoms with Crippen LogP contribution in [-0.4, -0.2) is 11.5 Å². The van der Waals surface area contributed by atoms with Gasteiger partial charge in [0.1, 0.15) is 11.6 Å². The fourth-order valence-electron chi connectivity index (χ4n) is 1.80. The minimum Gasteiger partial charge on any atom is -0.437 e. The number of hydrogen-bond donors (Lipinski definition) is 1. The number of benzene rings is 1. The molecule has 0 saturated heterocycles. The van der Waals surface area contributed by atoms with Gasteiger partial charge in [0.2, 0.25) is 5.88 Å². The van der Waals surface area contributed by atoms with Gasteiger partial charge in [-0.2, -0.15) is 0 Å². The SMILES string of the molecule is CCNCc1cc(C)nc(Oc2ccc(F)cc2Cl)c1. The number of aryl methyl sites for hydroxylation is 1. The number of aromatic nitrogens is 1. The minimum absolute atomic E-state index is 0.224. The summed E-state index contributed by atoms with van der Waals surface area (Å²) in [5.41, 5.74) is 1.93. The second-order valence-electron chi connectivity index (χ2n) is 4.41. The Hall–Kier alpha value is -1.65. The lowest BCUT2D eigenvalue weighted by molar-refractivity contribution is 0.459. The zero-order valence-electron chi connectivity index (χ0n) is 11.4. The van der Waals surface area contributed by atoms with E-state index in [1.54, 1.807) is 0 Å². The normalized spacial score (nSPS) is 10.6. The highest BCUT2D eigenvalue weighted by Crippen LogP contribution is 2.29. The van der Waals surface area contributed by atoms with Gasteiger partial charge in [-0.15, -0.1) is 0 Å². The van der Waals surface area contributed by atoms with E-state index in [-0.39, 0.29) is 5.02 Å². The van der Waals surface area contributed by atoms with Crippen molar-refractivity contribution in [3.8, 4) is 11.6 Å². The Balaban J connectivity index is 2.21. The Bertz CT molecular complexity index is 604. The lowest BCUT2D eigenvalue weighted by atomic mass is 10.2. The highest BCUT2D eigenvalue weighted by molar-refractivity contribution is 6.32. The maximum atomic E-state index is 13.0. The molecule has 2 rings (SSSR count). The summed E-state index contributed by atoms with van der Waals surface area (Å²) < 4.78 is 18.6. The average Bonchev–Trinajstić information content (AvgIpc) is 2.39. The van der Waals surface area contributed by atoms with E-state index in [1.807, 2.05) is 26.0 Å². The molecular formula is C15H16ClFN2O. The van der Waals surface area contributed by atoms with Crippen LogP contribution < -0.4 is 10.1 Å². The van der Waals surface area contributed by atoms with E-state index in [0.29, 0.717) is 11.6 Å². The van der Waals surface area contributed by atoms with Gasteiger partial charge in [-0.25, -0.2) is 9.37 Å². The van der Waals surface area contributed by atoms with Crippen molar-refractivity contribution >= 4 is 11.6 Å². The summed E-state index contributed by atoms with van der Waals surface area (Å²) in [6, 6.07) is 7.84. The van der Waals surface area contributed by atoms with Crippen LogP contribution in [0.3, 0.4) is 0 Å². The molecule has 1 N–H and O–H groups in total. The van der Waals surface area contributed by atoms with Crippen LogP contribution in [0.4, 0.5) is 4.39 Å². The predicted octanol–water partition coefficient (Wildman–Crippen LogP) is 4.08. The molecule has 0 amide bonds. The number of rotatable bonds is 5. The van der Waals surface area contributed by atoms with Gasteiger partial charge in [0.15, 0.2) is 0 Å². The van der Waals surface area contributed by atoms with Crippen molar-refractivity contribution in [1.29, 1.82) is 0 Å². The second kappa shape index (κ2) is 6.68. The first-order valence-electron chi connectivity index (χ1n) is 6.39. The Morgan fingerprint density at radius 1 is 1.30 bits per heavy atom. The second-order valence-corrected chi connectivity index (χ2v) is 4.82. The summed E-state index contributed by atoms with van der Waals surface area (Å²) in [6.07, 6.45) is 0. The molecule has 1 heterocycles. The number of pyridine rings is 1. The molecule has 106 valence electrons. The van der Waals surface area contributed by atoms with E-state index < -0.39 is 5.82 Å². The number of halogens is 2. The van der Waals surface area contributed by atoms with Crippen LogP contribution in [0.1, 0.15) is 18.2 Å². The van der Waals surface area contributed by atoms with Crippen molar-refractivity contribution in [3.63, 3.8) is 0 Å². The molecule has 20 heavy (non-hydrogen) atoms. The highest BCUT2D eigenvalue weighted by Gasteiger charge is 2.07. The van der Waals surface area contributed by atoms with E-state index in [1.165, 1.54) is 18.2 Å². The van der Waals surface area contributed by atoms with Crippen molar-refractivity contribution in [2.45, 2.75) is 20.4 Å². The monoisotopic (exact) mass is 294 g/mol. The maximum Gasteiger partial charge on any atom is 0.219 e. The summed E-state index contributed by atoms with van der Waals surface area (Å²) in [6.45, 7) is 5.58. The van der Waals surface area contributed by atoms with E-state index in [2.05, 4.69) is 10.3 Å². The van der Waals surface area contributed by atoms with Crippen LogP contribution in [0.15, 0.2) is 30.3 Å². The zero-order chi connectivity index (χ0) is 14.5. The van der Waals surface area contributed by atoms with Gasteiger partial charge in [0.25, 0.3) is 0 Å². The van der Waals surface area contributed by atoms with Crippen LogP contribution in [0.25, 0.3) is 0 Å². The number of nitrogens with one attached hydrogen (secondary N) is 1. The molecule has 3 nitrogen and oxygen atoms in total. The van der Waals surface area contributed by atoms with Crippen molar-refractivity contribution in [1.82, 2.24) is 10.3 Å². The first kappa shape index (κ1) is 14.8. The summed E-state index contributed by atoms with van der Waals surface area (Å²) in [5, 5.41) is 3.47. The third kappa shape index (κ3) is 3.92. The van der Waals surface area contributed by atoms with E-state index in [4.69, 9.17) is 16.3 Å². The molecule has 0 saturated carbocycles. The topological polar surface area (TPSA) is 34.2 Å². The summed E-state index contributed by atoms with van der Waals surface area (Å²) in [5.74, 6) is 0.444. The Labute approximate surface area is 122 Å². The molecule has 1 aromatic heterocycles. The molecule has 2 aromatic rings. The summed E-state index contributed by atoms with van der Waals surface area (Å²) in [7, 11) is 0. The molecule has 0 bridgehead atoms. The quantitative estimate of drug-likeness (QED) is 0.902. The molecule has 0 fully saturated rings. The largest absolute Gasteiger partial charge is 0.437 e. The standard InChI is InChI=1S/C15H16ClFN2O/c1-3-18-9-11-6-10(2)19-15(7-11)20-14-5-4-12(17)8-13(14)16/h4-8,18H,3,9H2,1-2H3. The van der Waals surface area contributed by atoms with E-state index in [9.17, 15) is 4.39 Å². The highest BCUT2D eigenvalue weighted by atomic mass is 35.5. The van der Waals surface area contributed by atoms with Crippen LogP contribution in [0.5, 0.6) is 11.6 Å². The Morgan fingerprint density at radius 2 is 2.10 bits per heavy atom. The third-order valence-corrected chi connectivity index (χ3v) is 2.97. The maximum absolute atomic E-state index is 13.0. The number of nitrogens with zero attached hydrogens (tertiary/aromatic N) is 1. The van der Waals surface area contributed by atoms with Crippen molar-refractivity contribution in [3.05, 3.63) is 52.4 Å². The van der Waals surface area contributed by atoms with E-state index >= 15 is 0 Å². The molecule has 1 aromatic carbocycles. The van der Waals surface area contributed by atoms with Crippen LogP contribution >= 0.6 is 11.6 Å². The predicted molar refractivity (Wildman–Crippen MR) is 77.8 cm³/mol. The van der Waals surface area contributed by atoms with Gasteiger partial charge in [0, 0.05) is 18.3 Å². The molecular weight excluding hydrogens is 279 g/mol. The van der Waals surface area contributed by atoms with Crippen LogP contribution in [0.2, 0.25) is 5.02 Å². The number of hydrogen-bond acceptors (Lipinski definition) is 3. The Kier molecular flexibility index (Phi) is 4.93. The van der Waals surface area contributed by atoms with Crippen LogP contribution in [-0.2, 0) is 6.54 Å². The van der Waals surface area contributed by atoms with Crippen LogP contribution in [0, 0.1) is 12.7 Å². The van der Waals surface area contributed by atoms with Gasteiger partial charge in [-0.1, -0.05) is 18.5 Å². The molecule has 5 heteroatoms. The first-order chi connectivity index (χ1) is 9.58. The van der Waals surface area contributed by atoms with Crippen molar-refractivity contribution < 1.29 is 9.13 Å². The number of ether oxygens (including phenoxy) is 1. The first-order valence-corrected chi connectivity index (χ1v) is 6.77. The molecule has 0 radical (unpaired) electrons. The van der Waals surface area contributed by atoms with E-state index in [0.717, 1.165) is 24.3 Å². The fraction of sp³-hybridized carbons (Fsp3) is 0.267. The fourth-order valence-corrected chi connectivity index (χ4v) is 2.01. The van der Waals surface area contributed by atoms with Gasteiger partial charge in [-0.3, -0.25) is 0 Å². The summed E-state index contributed by atoms with van der Waals surface area (Å²) in [4.78, 5) is 4.30. The summed E-state index contributed by atoms with van der Waals surface area (Å²) >= 11 is 5.94. The van der Waals surface area contributed by atoms with Gasteiger partial charge in [0.05, 0.1) is 5.02 Å². The molecule has 0 aliphatic carbocycles. The lowest BCUT2D eigenvalue weighted by Gasteiger charge is -2.10.